The van der Waals surface area contributed by atoms with E-state index in [4.69, 9.17) is 23.2 Å². The largest absolute Gasteiger partial charge is 0.271 e. The summed E-state index contributed by atoms with van der Waals surface area (Å²) < 4.78 is 1.13. The maximum atomic E-state index is 5.69. The van der Waals surface area contributed by atoms with Crippen molar-refractivity contribution in [1.82, 2.24) is 0 Å². The van der Waals surface area contributed by atoms with Crippen LogP contribution >= 0.6 is 46.7 Å². The summed E-state index contributed by atoms with van der Waals surface area (Å²) in [6.45, 7) is 0.940. The lowest BCUT2D eigenvalue weighted by molar-refractivity contribution is 1.18. The van der Waals surface area contributed by atoms with Gasteiger partial charge in [0.2, 0.25) is 0 Å². The highest BCUT2D eigenvalue weighted by molar-refractivity contribution is 8.39. The molecule has 1 nitrogen and oxygen atoms in total. The maximum Gasteiger partial charge on any atom is 0.125 e. The Morgan fingerprint density at radius 1 is 1.82 bits per heavy atom. The zero-order chi connectivity index (χ0) is 8.10. The molecule has 1 rings (SSSR count). The second-order valence-electron chi connectivity index (χ2n) is 1.84. The normalized spacial score (nSPS) is 18.7. The van der Waals surface area contributed by atoms with Gasteiger partial charge in [-0.3, -0.25) is 4.99 Å². The Hall–Kier alpha value is 0.690. The Morgan fingerprint density at radius 3 is 3.18 bits per heavy atom. The van der Waals surface area contributed by atoms with Gasteiger partial charge in [-0.25, -0.2) is 0 Å². The fourth-order valence-corrected chi connectivity index (χ4v) is 2.72. The fraction of sp³-hybridized carbons (Fsp3) is 0.500. The van der Waals surface area contributed by atoms with Gasteiger partial charge in [0.1, 0.15) is 4.38 Å². The second kappa shape index (κ2) is 5.36. The molecule has 0 saturated carbocycles. The standard InChI is InChI=1S/C6H7Cl2NS2/c7-3-5(8)4-11-6-9-1-2-10-6/h3H,1-2,4H2/b5-3+. The molecule has 1 aliphatic rings. The molecule has 0 aromatic carbocycles. The minimum Gasteiger partial charge on any atom is -0.271 e. The first-order chi connectivity index (χ1) is 5.33. The molecule has 0 bridgehead atoms. The van der Waals surface area contributed by atoms with E-state index in [0.29, 0.717) is 5.03 Å². The smallest absolute Gasteiger partial charge is 0.125 e. The van der Waals surface area contributed by atoms with Crippen molar-refractivity contribution in [3.8, 4) is 0 Å². The van der Waals surface area contributed by atoms with Crippen LogP contribution in [0.1, 0.15) is 0 Å². The first kappa shape index (κ1) is 9.78. The Morgan fingerprint density at radius 2 is 2.64 bits per heavy atom. The van der Waals surface area contributed by atoms with Gasteiger partial charge >= 0.3 is 0 Å². The third-order valence-corrected chi connectivity index (χ3v) is 4.09. The molecular weight excluding hydrogens is 221 g/mol. The number of hydrogen-bond acceptors (Lipinski definition) is 3. The zero-order valence-electron chi connectivity index (χ0n) is 5.72. The summed E-state index contributed by atoms with van der Waals surface area (Å²) in [6, 6.07) is 0. The van der Waals surface area contributed by atoms with E-state index in [1.807, 2.05) is 0 Å². The molecule has 0 aromatic heterocycles. The Balaban J connectivity index is 2.21. The van der Waals surface area contributed by atoms with Crippen molar-refractivity contribution < 1.29 is 0 Å². The van der Waals surface area contributed by atoms with E-state index in [9.17, 15) is 0 Å². The van der Waals surface area contributed by atoms with Crippen molar-refractivity contribution in [3.63, 3.8) is 0 Å². The minimum atomic E-state index is 0.673. The average Bonchev–Trinajstić information content (AvgIpc) is 2.52. The quantitative estimate of drug-likeness (QED) is 0.719. The van der Waals surface area contributed by atoms with Crippen LogP contribution in [0.3, 0.4) is 0 Å². The molecule has 1 aliphatic heterocycles. The number of aliphatic imine (C=N–C) groups is 1. The van der Waals surface area contributed by atoms with E-state index in [0.717, 1.165) is 22.4 Å². The molecule has 0 saturated heterocycles. The highest BCUT2D eigenvalue weighted by atomic mass is 35.5. The Kier molecular flexibility index (Phi) is 4.76. The van der Waals surface area contributed by atoms with Gasteiger partial charge < -0.3 is 0 Å². The predicted octanol–water partition coefficient (Wildman–Crippen LogP) is 3.14. The molecule has 0 amide bonds. The molecule has 0 fully saturated rings. The number of rotatable bonds is 2. The first-order valence-electron chi connectivity index (χ1n) is 3.07. The lowest BCUT2D eigenvalue weighted by Crippen LogP contribution is -1.83. The summed E-state index contributed by atoms with van der Waals surface area (Å²) in [5.74, 6) is 1.83. The first-order valence-corrected chi connectivity index (χ1v) is 5.86. The van der Waals surface area contributed by atoms with E-state index < -0.39 is 0 Å². The lowest BCUT2D eigenvalue weighted by atomic mass is 10.7. The molecule has 0 radical (unpaired) electrons. The van der Waals surface area contributed by atoms with Crippen LogP contribution in [-0.2, 0) is 0 Å². The molecule has 5 heteroatoms. The third-order valence-electron chi connectivity index (χ3n) is 1.01. The van der Waals surface area contributed by atoms with Crippen LogP contribution < -0.4 is 0 Å². The van der Waals surface area contributed by atoms with Gasteiger partial charge in [-0.15, -0.1) is 0 Å². The number of nitrogens with zero attached hydrogens (tertiary/aromatic N) is 1. The van der Waals surface area contributed by atoms with E-state index in [-0.39, 0.29) is 0 Å². The summed E-state index contributed by atoms with van der Waals surface area (Å²) in [6.07, 6.45) is 0. The second-order valence-corrected chi connectivity index (χ2v) is 4.85. The predicted molar refractivity (Wildman–Crippen MR) is 57.0 cm³/mol. The molecular formula is C6H7Cl2NS2. The van der Waals surface area contributed by atoms with Crippen molar-refractivity contribution in [1.29, 1.82) is 0 Å². The van der Waals surface area contributed by atoms with E-state index >= 15 is 0 Å². The molecule has 1 heterocycles. The van der Waals surface area contributed by atoms with Crippen molar-refractivity contribution in [2.24, 2.45) is 4.99 Å². The fourth-order valence-electron chi connectivity index (χ4n) is 0.565. The number of hydrogen-bond donors (Lipinski definition) is 0. The molecule has 0 spiro atoms. The molecule has 62 valence electrons. The van der Waals surface area contributed by atoms with Crippen molar-refractivity contribution >= 4 is 51.1 Å². The van der Waals surface area contributed by atoms with E-state index in [2.05, 4.69) is 4.99 Å². The van der Waals surface area contributed by atoms with Gasteiger partial charge in [0.15, 0.2) is 0 Å². The van der Waals surface area contributed by atoms with Crippen LogP contribution in [0.5, 0.6) is 0 Å². The molecule has 0 aromatic rings. The van der Waals surface area contributed by atoms with Crippen molar-refractivity contribution in [2.45, 2.75) is 0 Å². The topological polar surface area (TPSA) is 12.4 Å². The van der Waals surface area contributed by atoms with Crippen molar-refractivity contribution in [3.05, 3.63) is 10.6 Å². The van der Waals surface area contributed by atoms with Crippen LogP contribution in [0.25, 0.3) is 0 Å². The Labute approximate surface area is 84.6 Å². The van der Waals surface area contributed by atoms with Gasteiger partial charge in [-0.2, -0.15) is 0 Å². The molecule has 11 heavy (non-hydrogen) atoms. The zero-order valence-corrected chi connectivity index (χ0v) is 8.86. The summed E-state index contributed by atoms with van der Waals surface area (Å²) in [4.78, 5) is 4.26. The highest BCUT2D eigenvalue weighted by Gasteiger charge is 2.07. The van der Waals surface area contributed by atoms with Crippen LogP contribution in [0.2, 0.25) is 0 Å². The maximum absolute atomic E-state index is 5.69. The molecule has 0 aliphatic carbocycles. The van der Waals surface area contributed by atoms with Gasteiger partial charge in [-0.1, -0.05) is 46.7 Å². The van der Waals surface area contributed by atoms with Crippen molar-refractivity contribution in [2.75, 3.05) is 18.1 Å². The van der Waals surface area contributed by atoms with Crippen LogP contribution in [-0.4, -0.2) is 22.4 Å². The third kappa shape index (κ3) is 3.74. The van der Waals surface area contributed by atoms with Gasteiger partial charge in [0.25, 0.3) is 0 Å². The number of thioether (sulfide) groups is 2. The summed E-state index contributed by atoms with van der Waals surface area (Å²) >= 11 is 14.5. The lowest BCUT2D eigenvalue weighted by Gasteiger charge is -1.96. The SMILES string of the molecule is Cl/C=C(/Cl)CSC1=NCCS1. The highest BCUT2D eigenvalue weighted by Crippen LogP contribution is 2.24. The summed E-state index contributed by atoms with van der Waals surface area (Å²) in [7, 11) is 0. The average molecular weight is 228 g/mol. The molecule has 0 N–H and O–H groups in total. The molecule has 0 unspecified atom stereocenters. The van der Waals surface area contributed by atoms with Gasteiger partial charge in [0, 0.05) is 22.1 Å². The number of halogens is 2. The monoisotopic (exact) mass is 227 g/mol. The van der Waals surface area contributed by atoms with Crippen LogP contribution in [0, 0.1) is 0 Å². The molecule has 0 atom stereocenters. The van der Waals surface area contributed by atoms with E-state index in [1.165, 1.54) is 5.54 Å². The van der Waals surface area contributed by atoms with Crippen LogP contribution in [0.4, 0.5) is 0 Å². The summed E-state index contributed by atoms with van der Waals surface area (Å²) in [5, 5.41) is 0.673. The van der Waals surface area contributed by atoms with E-state index in [1.54, 1.807) is 23.5 Å². The van der Waals surface area contributed by atoms with Crippen LogP contribution in [0.15, 0.2) is 15.6 Å². The summed E-state index contributed by atoms with van der Waals surface area (Å²) in [5.41, 5.74) is 1.40. The Bertz CT molecular complexity index is 191. The minimum absolute atomic E-state index is 0.673. The van der Waals surface area contributed by atoms with Gasteiger partial charge in [0.05, 0.1) is 6.54 Å². The van der Waals surface area contributed by atoms with Gasteiger partial charge in [-0.05, 0) is 0 Å².